The van der Waals surface area contributed by atoms with Crippen LogP contribution in [0, 0.1) is 0 Å². The van der Waals surface area contributed by atoms with Gasteiger partial charge in [0.05, 0.1) is 24.6 Å². The molecule has 1 aromatic heterocycles. The van der Waals surface area contributed by atoms with Crippen LogP contribution >= 0.6 is 0 Å². The number of aromatic nitrogens is 1. The molecule has 0 N–H and O–H groups in total. The molecule has 1 unspecified atom stereocenters. The zero-order valence-corrected chi connectivity index (χ0v) is 15.4. The van der Waals surface area contributed by atoms with Crippen LogP contribution < -0.4 is 9.47 Å². The summed E-state index contributed by atoms with van der Waals surface area (Å²) in [7, 11) is 6.23. The summed E-state index contributed by atoms with van der Waals surface area (Å²) in [5.41, 5.74) is 2.18. The highest BCUT2D eigenvalue weighted by Crippen LogP contribution is 2.29. The number of morpholine rings is 1. The lowest BCUT2D eigenvalue weighted by atomic mass is 10.1. The van der Waals surface area contributed by atoms with Crippen LogP contribution in [0.1, 0.15) is 11.3 Å². The van der Waals surface area contributed by atoms with Gasteiger partial charge in [-0.3, -0.25) is 9.88 Å². The molecular weight excluding hydrogens is 341 g/mol. The van der Waals surface area contributed by atoms with Gasteiger partial charge in [0.1, 0.15) is 13.2 Å². The average molecular weight is 365 g/mol. The number of hydrogen-bond donors (Lipinski definition) is 0. The fraction of sp³-hybridized carbons (Fsp3) is 0.450. The molecule has 2 aliphatic rings. The Bertz CT molecular complexity index is 747. The maximum atomic E-state index is 6.23. The number of ether oxygens (including phenoxy) is 3. The van der Waals surface area contributed by atoms with Gasteiger partial charge < -0.3 is 19.0 Å². The molecule has 4 rings (SSSR count). The smallest absolute Gasteiger partial charge is 0.183 e. The highest BCUT2D eigenvalue weighted by atomic mass is 16.6. The van der Waals surface area contributed by atoms with E-state index in [1.165, 1.54) is 5.56 Å². The van der Waals surface area contributed by atoms with Gasteiger partial charge >= 0.3 is 0 Å². The zero-order chi connectivity index (χ0) is 18.5. The first kappa shape index (κ1) is 18.3. The summed E-state index contributed by atoms with van der Waals surface area (Å²) >= 11 is 0. The van der Waals surface area contributed by atoms with Gasteiger partial charge in [0.2, 0.25) is 0 Å². The lowest BCUT2D eigenvalue weighted by Gasteiger charge is -2.35. The minimum atomic E-state index is 0.0877. The predicted octanol–water partition coefficient (Wildman–Crippen LogP) is 1.64. The summed E-state index contributed by atoms with van der Waals surface area (Å²) in [6, 6.07) is 12.4. The van der Waals surface area contributed by atoms with Gasteiger partial charge in [-0.2, -0.15) is 0 Å². The molecule has 7 heteroatoms. The van der Waals surface area contributed by atoms with Gasteiger partial charge in [-0.15, -0.1) is 0 Å². The van der Waals surface area contributed by atoms with Crippen molar-refractivity contribution in [2.45, 2.75) is 19.2 Å². The van der Waals surface area contributed by atoms with E-state index in [0.29, 0.717) is 32.1 Å². The molecule has 1 atom stereocenters. The quantitative estimate of drug-likeness (QED) is 0.726. The van der Waals surface area contributed by atoms with E-state index in [0.717, 1.165) is 37.7 Å². The van der Waals surface area contributed by atoms with Crippen LogP contribution in [0.5, 0.6) is 11.5 Å². The number of nitrogens with zero attached hydrogens (tertiary/aromatic N) is 3. The first-order chi connectivity index (χ1) is 13.3. The Labute approximate surface area is 161 Å². The monoisotopic (exact) mass is 365 g/mol. The predicted molar refractivity (Wildman–Crippen MR) is 103 cm³/mol. The van der Waals surface area contributed by atoms with Gasteiger partial charge in [0.15, 0.2) is 19.5 Å². The number of fused-ring (bicyclic) bond motifs is 1. The Morgan fingerprint density at radius 3 is 2.78 bits per heavy atom. The third kappa shape index (κ3) is 5.00. The van der Waals surface area contributed by atoms with Gasteiger partial charge in [-0.25, -0.2) is 0 Å². The molecular formula is C20H24BN3O3. The van der Waals surface area contributed by atoms with Crippen molar-refractivity contribution in [3.8, 4) is 11.5 Å². The van der Waals surface area contributed by atoms with E-state index in [9.17, 15) is 0 Å². The number of rotatable bonds is 6. The Hall–Kier alpha value is -2.09. The molecule has 0 bridgehead atoms. The van der Waals surface area contributed by atoms with Gasteiger partial charge in [0, 0.05) is 38.8 Å². The highest BCUT2D eigenvalue weighted by molar-refractivity contribution is 6.04. The molecule has 1 aromatic carbocycles. The highest BCUT2D eigenvalue weighted by Gasteiger charge is 2.22. The van der Waals surface area contributed by atoms with Gasteiger partial charge in [-0.1, -0.05) is 30.3 Å². The van der Waals surface area contributed by atoms with Crippen molar-refractivity contribution in [1.82, 2.24) is 14.7 Å². The van der Waals surface area contributed by atoms with Crippen LogP contribution in [-0.4, -0.2) is 68.2 Å². The Kier molecular flexibility index (Phi) is 5.92. The van der Waals surface area contributed by atoms with E-state index in [-0.39, 0.29) is 6.10 Å². The van der Waals surface area contributed by atoms with E-state index in [4.69, 9.17) is 22.2 Å². The largest absolute Gasteiger partial charge is 0.486 e. The molecule has 3 heterocycles. The molecule has 0 spiro atoms. The summed E-state index contributed by atoms with van der Waals surface area (Å²) in [4.78, 5) is 8.59. The summed E-state index contributed by atoms with van der Waals surface area (Å²) in [6.45, 7) is 5.81. The van der Waals surface area contributed by atoms with Crippen molar-refractivity contribution < 1.29 is 14.2 Å². The van der Waals surface area contributed by atoms with Crippen molar-refractivity contribution in [3.05, 3.63) is 53.9 Å². The molecule has 6 nitrogen and oxygen atoms in total. The van der Waals surface area contributed by atoms with E-state index >= 15 is 0 Å². The van der Waals surface area contributed by atoms with Crippen LogP contribution in [0.3, 0.4) is 0 Å². The number of benzene rings is 1. The fourth-order valence-electron chi connectivity index (χ4n) is 3.49. The third-order valence-corrected chi connectivity index (χ3v) is 4.76. The molecule has 0 aliphatic carbocycles. The van der Waals surface area contributed by atoms with Crippen LogP contribution in [0.4, 0.5) is 0 Å². The molecule has 2 radical (unpaired) electrons. The Morgan fingerprint density at radius 2 is 1.93 bits per heavy atom. The molecule has 1 fully saturated rings. The third-order valence-electron chi connectivity index (χ3n) is 4.76. The maximum absolute atomic E-state index is 6.23. The molecule has 0 saturated carbocycles. The topological polar surface area (TPSA) is 47.1 Å². The molecule has 0 amide bonds. The van der Waals surface area contributed by atoms with E-state index in [1.807, 2.05) is 12.1 Å². The second-order valence-corrected chi connectivity index (χ2v) is 6.96. The minimum Gasteiger partial charge on any atom is -0.486 e. The van der Waals surface area contributed by atoms with Crippen LogP contribution in [0.2, 0.25) is 0 Å². The summed E-state index contributed by atoms with van der Waals surface area (Å²) in [6.07, 6.45) is 1.79. The molecule has 27 heavy (non-hydrogen) atoms. The van der Waals surface area contributed by atoms with Crippen molar-refractivity contribution in [1.29, 1.82) is 0 Å². The van der Waals surface area contributed by atoms with Crippen molar-refractivity contribution in [2.75, 3.05) is 39.5 Å². The first-order valence-electron chi connectivity index (χ1n) is 9.38. The lowest BCUT2D eigenvalue weighted by Crippen LogP contribution is -2.46. The van der Waals surface area contributed by atoms with Crippen LogP contribution in [0.25, 0.3) is 0 Å². The normalized spacial score (nSPS) is 20.0. The fourth-order valence-corrected chi connectivity index (χ4v) is 3.49. The lowest BCUT2D eigenvalue weighted by molar-refractivity contribution is -0.0382. The van der Waals surface area contributed by atoms with Gasteiger partial charge in [0.25, 0.3) is 0 Å². The zero-order valence-electron chi connectivity index (χ0n) is 15.4. The van der Waals surface area contributed by atoms with Gasteiger partial charge in [-0.05, 0) is 5.56 Å². The second-order valence-electron chi connectivity index (χ2n) is 6.96. The number of pyridine rings is 1. The first-order valence-corrected chi connectivity index (χ1v) is 9.38. The van der Waals surface area contributed by atoms with Crippen LogP contribution in [-0.2, 0) is 17.8 Å². The summed E-state index contributed by atoms with van der Waals surface area (Å²) < 4.78 is 17.0. The molecule has 140 valence electrons. The minimum absolute atomic E-state index is 0.0877. The standard InChI is InChI=1S/C20H24BN3O3/c21-24(13-17-10-19-20(11-22-17)27-9-8-26-19)15-18-14-23(6-7-25-18)12-16-4-2-1-3-5-16/h1-5,10-11,18H,6-9,12-15H2. The molecule has 2 aliphatic heterocycles. The van der Waals surface area contributed by atoms with Crippen molar-refractivity contribution in [3.63, 3.8) is 0 Å². The number of hydrogen-bond acceptors (Lipinski definition) is 6. The van der Waals surface area contributed by atoms with E-state index < -0.39 is 0 Å². The van der Waals surface area contributed by atoms with E-state index in [1.54, 1.807) is 11.0 Å². The van der Waals surface area contributed by atoms with Crippen molar-refractivity contribution in [2.24, 2.45) is 0 Å². The molecule has 1 saturated heterocycles. The summed E-state index contributed by atoms with van der Waals surface area (Å²) in [5, 5.41) is 0. The molecule has 2 aromatic rings. The average Bonchev–Trinajstić information content (AvgIpc) is 2.69. The second kappa shape index (κ2) is 8.74. The Balaban J connectivity index is 1.29. The SMILES string of the molecule is [B]N(Cc1cc2c(cn1)OCCO2)CC1CN(Cc2ccccc2)CCO1. The summed E-state index contributed by atoms with van der Waals surface area (Å²) in [5.74, 6) is 1.43. The Morgan fingerprint density at radius 1 is 1.11 bits per heavy atom. The van der Waals surface area contributed by atoms with Crippen molar-refractivity contribution >= 4 is 7.98 Å². The van der Waals surface area contributed by atoms with E-state index in [2.05, 4.69) is 34.1 Å². The van der Waals surface area contributed by atoms with Crippen LogP contribution in [0.15, 0.2) is 42.6 Å². The maximum Gasteiger partial charge on any atom is 0.183 e.